The molecule has 0 atom stereocenters. The number of anilines is 1. The third kappa shape index (κ3) is 8.04. The fourth-order valence-corrected chi connectivity index (χ4v) is 3.08. The molecule has 3 rings (SSSR count). The van der Waals surface area contributed by atoms with Crippen molar-refractivity contribution in [2.24, 2.45) is 5.10 Å². The first-order valence-corrected chi connectivity index (χ1v) is 11.4. The minimum absolute atomic E-state index is 0.141. The molecule has 0 heterocycles. The van der Waals surface area contributed by atoms with Crippen molar-refractivity contribution < 1.29 is 23.8 Å². The van der Waals surface area contributed by atoms with Gasteiger partial charge < -0.3 is 19.5 Å². The summed E-state index contributed by atoms with van der Waals surface area (Å²) in [6.45, 7) is 4.55. The van der Waals surface area contributed by atoms with Crippen LogP contribution in [0.15, 0.2) is 71.8 Å². The number of amides is 2. The zero-order chi connectivity index (χ0) is 25.0. The van der Waals surface area contributed by atoms with Crippen LogP contribution in [0.4, 0.5) is 5.69 Å². The second-order valence-electron chi connectivity index (χ2n) is 7.14. The van der Waals surface area contributed by atoms with Gasteiger partial charge in [0.2, 0.25) is 0 Å². The van der Waals surface area contributed by atoms with E-state index < -0.39 is 0 Å². The highest BCUT2D eigenvalue weighted by molar-refractivity contribution is 6.30. The fraction of sp³-hybridized carbons (Fsp3) is 0.192. The van der Waals surface area contributed by atoms with Crippen LogP contribution in [-0.2, 0) is 4.79 Å². The number of nitrogens with one attached hydrogen (secondary N) is 2. The van der Waals surface area contributed by atoms with Crippen molar-refractivity contribution >= 4 is 35.3 Å². The van der Waals surface area contributed by atoms with Gasteiger partial charge in [-0.3, -0.25) is 9.59 Å². The number of hydrogen-bond acceptors (Lipinski definition) is 6. The number of carbonyl (C=O) groups is 2. The summed E-state index contributed by atoms with van der Waals surface area (Å²) < 4.78 is 16.6. The minimum Gasteiger partial charge on any atom is -0.490 e. The molecule has 0 radical (unpaired) electrons. The number of carbonyl (C=O) groups excluding carboxylic acids is 2. The maximum Gasteiger partial charge on any atom is 0.271 e. The monoisotopic (exact) mass is 495 g/mol. The summed E-state index contributed by atoms with van der Waals surface area (Å²) >= 11 is 5.83. The van der Waals surface area contributed by atoms with Crippen molar-refractivity contribution in [1.82, 2.24) is 5.43 Å². The Morgan fingerprint density at radius 1 is 0.886 bits per heavy atom. The van der Waals surface area contributed by atoms with Gasteiger partial charge in [0, 0.05) is 16.3 Å². The van der Waals surface area contributed by atoms with Crippen LogP contribution >= 0.6 is 11.6 Å². The molecule has 0 saturated heterocycles. The summed E-state index contributed by atoms with van der Waals surface area (Å²) in [5.41, 5.74) is 4.26. The molecule has 0 unspecified atom stereocenters. The Bertz CT molecular complexity index is 1160. The van der Waals surface area contributed by atoms with Crippen LogP contribution in [0.2, 0.25) is 5.02 Å². The molecule has 3 aromatic carbocycles. The lowest BCUT2D eigenvalue weighted by atomic mass is 10.2. The highest BCUT2D eigenvalue weighted by Crippen LogP contribution is 2.28. The van der Waals surface area contributed by atoms with Gasteiger partial charge in [0.05, 0.1) is 19.4 Å². The average molecular weight is 496 g/mol. The van der Waals surface area contributed by atoms with Crippen molar-refractivity contribution in [2.45, 2.75) is 13.8 Å². The smallest absolute Gasteiger partial charge is 0.271 e. The predicted molar refractivity (Wildman–Crippen MR) is 136 cm³/mol. The van der Waals surface area contributed by atoms with E-state index >= 15 is 0 Å². The van der Waals surface area contributed by atoms with Crippen LogP contribution in [0.3, 0.4) is 0 Å². The van der Waals surface area contributed by atoms with Crippen molar-refractivity contribution in [3.05, 3.63) is 82.9 Å². The van der Waals surface area contributed by atoms with Crippen LogP contribution in [0, 0.1) is 0 Å². The van der Waals surface area contributed by atoms with Gasteiger partial charge in [-0.2, -0.15) is 5.10 Å². The molecule has 0 fully saturated rings. The lowest BCUT2D eigenvalue weighted by Crippen LogP contribution is -2.20. The molecule has 0 aromatic heterocycles. The number of hydrogen-bond donors (Lipinski definition) is 2. The van der Waals surface area contributed by atoms with Crippen LogP contribution in [0.25, 0.3) is 0 Å². The Morgan fingerprint density at radius 2 is 1.57 bits per heavy atom. The second kappa shape index (κ2) is 13.0. The number of hydrazone groups is 1. The van der Waals surface area contributed by atoms with Crippen molar-refractivity contribution in [2.75, 3.05) is 25.1 Å². The molecule has 8 nitrogen and oxygen atoms in total. The standard InChI is InChI=1S/C26H26ClN3O5/c1-3-33-23-14-7-19(15-24(23)34-4-2)26(32)30-28-16-18-5-12-22(13-6-18)35-17-25(31)29-21-10-8-20(27)9-11-21/h5-16H,3-4,17H2,1-2H3,(H,29,31)(H,30,32)/b28-16+. The van der Waals surface area contributed by atoms with E-state index in [1.54, 1.807) is 66.7 Å². The predicted octanol–water partition coefficient (Wildman–Crippen LogP) is 4.92. The van der Waals surface area contributed by atoms with Crippen LogP contribution in [-0.4, -0.2) is 37.8 Å². The number of nitrogens with zero attached hydrogens (tertiary/aromatic N) is 1. The molecule has 9 heteroatoms. The quantitative estimate of drug-likeness (QED) is 0.290. The summed E-state index contributed by atoms with van der Waals surface area (Å²) in [5, 5.41) is 7.31. The molecular formula is C26H26ClN3O5. The van der Waals surface area contributed by atoms with Gasteiger partial charge in [0.1, 0.15) is 5.75 Å². The van der Waals surface area contributed by atoms with Gasteiger partial charge >= 0.3 is 0 Å². The SMILES string of the molecule is CCOc1ccc(C(=O)N/N=C/c2ccc(OCC(=O)Nc3ccc(Cl)cc3)cc2)cc1OCC. The molecule has 3 aromatic rings. The van der Waals surface area contributed by atoms with E-state index in [0.29, 0.717) is 46.7 Å². The minimum atomic E-state index is -0.378. The molecule has 0 aliphatic carbocycles. The first-order valence-electron chi connectivity index (χ1n) is 11.0. The van der Waals surface area contributed by atoms with E-state index in [4.69, 9.17) is 25.8 Å². The number of ether oxygens (including phenoxy) is 3. The Hall–Kier alpha value is -4.04. The topological polar surface area (TPSA) is 98.3 Å². The van der Waals surface area contributed by atoms with Gasteiger partial charge in [-0.05, 0) is 86.1 Å². The van der Waals surface area contributed by atoms with E-state index in [-0.39, 0.29) is 18.4 Å². The molecule has 182 valence electrons. The van der Waals surface area contributed by atoms with Crippen molar-refractivity contribution in [3.63, 3.8) is 0 Å². The Morgan fingerprint density at radius 3 is 2.26 bits per heavy atom. The largest absolute Gasteiger partial charge is 0.490 e. The van der Waals surface area contributed by atoms with E-state index in [1.807, 2.05) is 13.8 Å². The first-order chi connectivity index (χ1) is 17.0. The van der Waals surface area contributed by atoms with E-state index in [0.717, 1.165) is 5.56 Å². The third-order valence-corrected chi connectivity index (χ3v) is 4.82. The van der Waals surface area contributed by atoms with Crippen molar-refractivity contribution in [3.8, 4) is 17.2 Å². The molecule has 0 aliphatic rings. The van der Waals surface area contributed by atoms with Gasteiger partial charge in [0.25, 0.3) is 11.8 Å². The van der Waals surface area contributed by atoms with E-state index in [9.17, 15) is 9.59 Å². The second-order valence-corrected chi connectivity index (χ2v) is 7.58. The molecule has 0 spiro atoms. The molecule has 2 amide bonds. The van der Waals surface area contributed by atoms with E-state index in [2.05, 4.69) is 15.8 Å². The number of halogens is 1. The van der Waals surface area contributed by atoms with Gasteiger partial charge in [-0.25, -0.2) is 5.43 Å². The van der Waals surface area contributed by atoms with Gasteiger partial charge in [-0.15, -0.1) is 0 Å². The van der Waals surface area contributed by atoms with Crippen LogP contribution < -0.4 is 25.0 Å². The summed E-state index contributed by atoms with van der Waals surface area (Å²) in [4.78, 5) is 24.4. The summed E-state index contributed by atoms with van der Waals surface area (Å²) in [5.74, 6) is 0.942. The van der Waals surface area contributed by atoms with Gasteiger partial charge in [0.15, 0.2) is 18.1 Å². The molecule has 0 saturated carbocycles. The van der Waals surface area contributed by atoms with Crippen LogP contribution in [0.1, 0.15) is 29.8 Å². The summed E-state index contributed by atoms with van der Waals surface area (Å²) in [7, 11) is 0. The maximum atomic E-state index is 12.4. The lowest BCUT2D eigenvalue weighted by molar-refractivity contribution is -0.118. The molecule has 0 aliphatic heterocycles. The summed E-state index contributed by atoms with van der Waals surface area (Å²) in [6.07, 6.45) is 1.51. The van der Waals surface area contributed by atoms with Crippen molar-refractivity contribution in [1.29, 1.82) is 0 Å². The number of rotatable bonds is 11. The van der Waals surface area contributed by atoms with Crippen LogP contribution in [0.5, 0.6) is 17.2 Å². The maximum absolute atomic E-state index is 12.4. The lowest BCUT2D eigenvalue weighted by Gasteiger charge is -2.11. The Labute approximate surface area is 208 Å². The Balaban J connectivity index is 1.49. The summed E-state index contributed by atoms with van der Waals surface area (Å²) in [6, 6.07) is 18.7. The average Bonchev–Trinajstić information content (AvgIpc) is 2.86. The molecule has 0 bridgehead atoms. The highest BCUT2D eigenvalue weighted by atomic mass is 35.5. The normalized spacial score (nSPS) is 10.6. The zero-order valence-electron chi connectivity index (χ0n) is 19.4. The molecule has 2 N–H and O–H groups in total. The Kier molecular flexibility index (Phi) is 9.50. The van der Waals surface area contributed by atoms with E-state index in [1.165, 1.54) is 6.21 Å². The number of benzene rings is 3. The third-order valence-electron chi connectivity index (χ3n) is 4.56. The zero-order valence-corrected chi connectivity index (χ0v) is 20.2. The van der Waals surface area contributed by atoms with Gasteiger partial charge in [-0.1, -0.05) is 11.6 Å². The first kappa shape index (κ1) is 25.6. The molecular weight excluding hydrogens is 470 g/mol. The highest BCUT2D eigenvalue weighted by Gasteiger charge is 2.11. The fourth-order valence-electron chi connectivity index (χ4n) is 2.95. The molecule has 35 heavy (non-hydrogen) atoms.